The van der Waals surface area contributed by atoms with Gasteiger partial charge in [-0.2, -0.15) is 0 Å². The van der Waals surface area contributed by atoms with Crippen LogP contribution >= 0.6 is 0 Å². The Bertz CT molecular complexity index is 458. The van der Waals surface area contributed by atoms with E-state index in [1.165, 1.54) is 12.5 Å². The number of hydrogen-bond acceptors (Lipinski definition) is 5. The standard InChI is InChI=1S/C10H9N3O4/c14-8-7(9(15)13-10(16)12-8)5-11-4-6-2-1-3-17-6/h1-3,5,7H,4H2,(H2,12,13,14,15,16). The maximum absolute atomic E-state index is 11.3. The van der Waals surface area contributed by atoms with Crippen LogP contribution in [0.2, 0.25) is 0 Å². The molecule has 1 aromatic rings. The average Bonchev–Trinajstić information content (AvgIpc) is 2.74. The Balaban J connectivity index is 1.98. The summed E-state index contributed by atoms with van der Waals surface area (Å²) in [7, 11) is 0. The number of carbonyl (C=O) groups excluding carboxylic acids is 3. The van der Waals surface area contributed by atoms with Crippen LogP contribution in [0.15, 0.2) is 27.8 Å². The summed E-state index contributed by atoms with van der Waals surface area (Å²) in [5.74, 6) is -1.82. The summed E-state index contributed by atoms with van der Waals surface area (Å²) in [5.41, 5.74) is 0. The van der Waals surface area contributed by atoms with E-state index in [1.54, 1.807) is 12.1 Å². The van der Waals surface area contributed by atoms with Crippen LogP contribution in [-0.4, -0.2) is 24.1 Å². The lowest BCUT2D eigenvalue weighted by atomic mass is 10.1. The first-order valence-electron chi connectivity index (χ1n) is 4.85. The van der Waals surface area contributed by atoms with Gasteiger partial charge in [0, 0.05) is 6.21 Å². The topological polar surface area (TPSA) is 101 Å². The molecule has 0 radical (unpaired) electrons. The third kappa shape index (κ3) is 2.57. The highest BCUT2D eigenvalue weighted by molar-refractivity contribution is 6.23. The highest BCUT2D eigenvalue weighted by Gasteiger charge is 2.32. The minimum Gasteiger partial charge on any atom is -0.467 e. The molecule has 1 aliphatic heterocycles. The quantitative estimate of drug-likeness (QED) is 0.561. The largest absolute Gasteiger partial charge is 0.467 e. The van der Waals surface area contributed by atoms with E-state index in [9.17, 15) is 14.4 Å². The van der Waals surface area contributed by atoms with Gasteiger partial charge in [0.15, 0.2) is 5.92 Å². The van der Waals surface area contributed by atoms with Gasteiger partial charge in [-0.15, -0.1) is 0 Å². The van der Waals surface area contributed by atoms with Crippen molar-refractivity contribution in [2.24, 2.45) is 10.9 Å². The van der Waals surface area contributed by atoms with E-state index in [1.807, 2.05) is 10.6 Å². The normalized spacial score (nSPS) is 17.3. The molecule has 2 N–H and O–H groups in total. The summed E-state index contributed by atoms with van der Waals surface area (Å²) >= 11 is 0. The Hall–Kier alpha value is -2.44. The highest BCUT2D eigenvalue weighted by Crippen LogP contribution is 2.03. The van der Waals surface area contributed by atoms with Gasteiger partial charge in [-0.25, -0.2) is 4.79 Å². The third-order valence-corrected chi connectivity index (χ3v) is 2.12. The molecule has 0 aromatic carbocycles. The smallest absolute Gasteiger partial charge is 0.328 e. The number of aliphatic imine (C=N–C) groups is 1. The Labute approximate surface area is 95.9 Å². The van der Waals surface area contributed by atoms with E-state index >= 15 is 0 Å². The second kappa shape index (κ2) is 4.60. The zero-order valence-electron chi connectivity index (χ0n) is 8.67. The molecule has 1 saturated heterocycles. The van der Waals surface area contributed by atoms with E-state index in [-0.39, 0.29) is 6.54 Å². The summed E-state index contributed by atoms with van der Waals surface area (Å²) in [6.45, 7) is 0.234. The van der Waals surface area contributed by atoms with Crippen molar-refractivity contribution in [3.63, 3.8) is 0 Å². The average molecular weight is 235 g/mol. The fourth-order valence-electron chi connectivity index (χ4n) is 1.32. The molecule has 0 spiro atoms. The number of imide groups is 2. The van der Waals surface area contributed by atoms with Crippen molar-refractivity contribution < 1.29 is 18.8 Å². The summed E-state index contributed by atoms with van der Waals surface area (Å²) in [5, 5.41) is 3.96. The van der Waals surface area contributed by atoms with E-state index < -0.39 is 23.8 Å². The summed E-state index contributed by atoms with van der Waals surface area (Å²) in [6.07, 6.45) is 2.70. The predicted octanol–water partition coefficient (Wildman–Crippen LogP) is -0.167. The lowest BCUT2D eigenvalue weighted by Gasteiger charge is -2.16. The van der Waals surface area contributed by atoms with E-state index in [0.29, 0.717) is 5.76 Å². The second-order valence-electron chi connectivity index (χ2n) is 3.35. The van der Waals surface area contributed by atoms with Crippen molar-refractivity contribution in [3.05, 3.63) is 24.2 Å². The number of nitrogens with one attached hydrogen (secondary N) is 2. The van der Waals surface area contributed by atoms with Gasteiger partial charge in [-0.3, -0.25) is 25.2 Å². The molecule has 4 amide bonds. The van der Waals surface area contributed by atoms with Crippen molar-refractivity contribution in [2.45, 2.75) is 6.54 Å². The molecule has 17 heavy (non-hydrogen) atoms. The first-order valence-corrected chi connectivity index (χ1v) is 4.85. The zero-order valence-corrected chi connectivity index (χ0v) is 8.67. The monoisotopic (exact) mass is 235 g/mol. The number of hydrogen-bond donors (Lipinski definition) is 2. The van der Waals surface area contributed by atoms with Crippen molar-refractivity contribution in [3.8, 4) is 0 Å². The molecule has 2 rings (SSSR count). The molecule has 0 bridgehead atoms. The molecule has 2 heterocycles. The lowest BCUT2D eigenvalue weighted by molar-refractivity contribution is -0.132. The van der Waals surface area contributed by atoms with Crippen molar-refractivity contribution >= 4 is 24.1 Å². The van der Waals surface area contributed by atoms with Gasteiger partial charge in [-0.05, 0) is 12.1 Å². The molecule has 7 nitrogen and oxygen atoms in total. The van der Waals surface area contributed by atoms with Crippen LogP contribution in [0.3, 0.4) is 0 Å². The minimum atomic E-state index is -1.08. The van der Waals surface area contributed by atoms with Crippen LogP contribution in [0.1, 0.15) is 5.76 Å². The van der Waals surface area contributed by atoms with Crippen LogP contribution < -0.4 is 10.6 Å². The molecule has 7 heteroatoms. The summed E-state index contributed by atoms with van der Waals surface area (Å²) in [4.78, 5) is 37.3. The lowest BCUT2D eigenvalue weighted by Crippen LogP contribution is -2.56. The zero-order chi connectivity index (χ0) is 12.3. The third-order valence-electron chi connectivity index (χ3n) is 2.12. The van der Waals surface area contributed by atoms with Crippen LogP contribution in [0.5, 0.6) is 0 Å². The maximum atomic E-state index is 11.3. The van der Waals surface area contributed by atoms with E-state index in [4.69, 9.17) is 4.42 Å². The number of furan rings is 1. The van der Waals surface area contributed by atoms with Crippen molar-refractivity contribution in [1.29, 1.82) is 0 Å². The van der Waals surface area contributed by atoms with Crippen molar-refractivity contribution in [1.82, 2.24) is 10.6 Å². The van der Waals surface area contributed by atoms with Crippen LogP contribution in [-0.2, 0) is 16.1 Å². The van der Waals surface area contributed by atoms with Gasteiger partial charge < -0.3 is 4.42 Å². The van der Waals surface area contributed by atoms with Crippen LogP contribution in [0.4, 0.5) is 4.79 Å². The Morgan fingerprint density at radius 3 is 2.59 bits per heavy atom. The number of nitrogens with zero attached hydrogens (tertiary/aromatic N) is 1. The minimum absolute atomic E-state index is 0.234. The number of barbiturate groups is 1. The fourth-order valence-corrected chi connectivity index (χ4v) is 1.32. The van der Waals surface area contributed by atoms with Gasteiger partial charge in [-0.1, -0.05) is 0 Å². The second-order valence-corrected chi connectivity index (χ2v) is 3.35. The van der Waals surface area contributed by atoms with E-state index in [0.717, 1.165) is 0 Å². The number of urea groups is 1. The van der Waals surface area contributed by atoms with Crippen LogP contribution in [0, 0.1) is 5.92 Å². The molecule has 0 saturated carbocycles. The molecule has 1 aromatic heterocycles. The Morgan fingerprint density at radius 1 is 1.29 bits per heavy atom. The number of rotatable bonds is 3. The van der Waals surface area contributed by atoms with E-state index in [2.05, 4.69) is 4.99 Å². The molecule has 88 valence electrons. The summed E-state index contributed by atoms with van der Waals surface area (Å²) < 4.78 is 5.02. The fraction of sp³-hybridized carbons (Fsp3) is 0.200. The molecule has 0 unspecified atom stereocenters. The first kappa shape index (κ1) is 11.1. The first-order chi connectivity index (χ1) is 8.16. The van der Waals surface area contributed by atoms with Gasteiger partial charge in [0.25, 0.3) is 0 Å². The predicted molar refractivity (Wildman–Crippen MR) is 56.1 cm³/mol. The Morgan fingerprint density at radius 2 is 2.00 bits per heavy atom. The Kier molecular flexibility index (Phi) is 2.99. The van der Waals surface area contributed by atoms with Gasteiger partial charge in [0.1, 0.15) is 5.76 Å². The van der Waals surface area contributed by atoms with Gasteiger partial charge in [0.05, 0.1) is 12.8 Å². The summed E-state index contributed by atoms with van der Waals surface area (Å²) in [6, 6.07) is 2.63. The molecular weight excluding hydrogens is 226 g/mol. The number of amides is 4. The molecule has 0 aliphatic carbocycles. The van der Waals surface area contributed by atoms with Crippen molar-refractivity contribution in [2.75, 3.05) is 0 Å². The molecular formula is C10H9N3O4. The van der Waals surface area contributed by atoms with Crippen LogP contribution in [0.25, 0.3) is 0 Å². The SMILES string of the molecule is O=C1NC(=O)C(C=NCc2ccco2)C(=O)N1. The number of carbonyl (C=O) groups is 3. The van der Waals surface area contributed by atoms with Gasteiger partial charge in [0.2, 0.25) is 11.8 Å². The van der Waals surface area contributed by atoms with Gasteiger partial charge >= 0.3 is 6.03 Å². The maximum Gasteiger partial charge on any atom is 0.328 e. The molecule has 1 aliphatic rings. The highest BCUT2D eigenvalue weighted by atomic mass is 16.3. The molecule has 1 fully saturated rings. The molecule has 0 atom stereocenters.